The van der Waals surface area contributed by atoms with Crippen molar-refractivity contribution >= 4 is 7.69 Å². The van der Waals surface area contributed by atoms with Crippen LogP contribution in [0.2, 0.25) is 0 Å². The van der Waals surface area contributed by atoms with E-state index in [-0.39, 0.29) is 0 Å². The Labute approximate surface area is 60.4 Å². The molecule has 0 heterocycles. The van der Waals surface area contributed by atoms with E-state index in [1.54, 1.807) is 0 Å². The number of rotatable bonds is 0. The molecule has 0 unspecified atom stereocenters. The predicted octanol–water partition coefficient (Wildman–Crippen LogP) is -0.172. The van der Waals surface area contributed by atoms with E-state index in [2.05, 4.69) is 24.3 Å². The normalized spacial score (nSPS) is 10.6. The molecule has 0 saturated heterocycles. The number of benzene rings is 1. The third-order valence-electron chi connectivity index (χ3n) is 1.37. The summed E-state index contributed by atoms with van der Waals surface area (Å²) in [5.74, 6) is 0. The fraction of sp³-hybridized carbons (Fsp3) is 0.143. The van der Waals surface area contributed by atoms with Gasteiger partial charge in [0.15, 0.2) is 0 Å². The molecule has 0 bridgehead atoms. The van der Waals surface area contributed by atoms with Gasteiger partial charge in [-0.05, 0) is 17.5 Å². The molecule has 2 nitrogen and oxygen atoms in total. The molecular weight excluding hydrogens is 127 g/mol. The highest BCUT2D eigenvalue weighted by atomic mass is 16.4. The Morgan fingerprint density at radius 2 is 1.50 bits per heavy atom. The van der Waals surface area contributed by atoms with Gasteiger partial charge in [-0.15, -0.1) is 0 Å². The van der Waals surface area contributed by atoms with Gasteiger partial charge in [-0.25, -0.2) is 0 Å². The molecule has 3 heteroatoms. The summed E-state index contributed by atoms with van der Waals surface area (Å²) in [6.45, 7) is 0. The third-order valence-corrected chi connectivity index (χ3v) is 1.37. The van der Waals surface area contributed by atoms with E-state index >= 15 is 0 Å². The van der Waals surface area contributed by atoms with E-state index in [1.165, 1.54) is 17.5 Å². The maximum absolute atomic E-state index is 7.12. The number of hydrogen-bond donors (Lipinski definition) is 2. The third kappa shape index (κ3) is 1.86. The van der Waals surface area contributed by atoms with Crippen molar-refractivity contribution < 1.29 is 10.0 Å². The first-order valence-corrected chi connectivity index (χ1v) is 3.17. The van der Waals surface area contributed by atoms with Crippen LogP contribution in [0, 0.1) is 0 Å². The highest BCUT2D eigenvalue weighted by molar-refractivity contribution is 6.13. The molecular formula is C7H9BO2. The average Bonchev–Trinajstić information content (AvgIpc) is 2.66. The van der Waals surface area contributed by atoms with Crippen LogP contribution in [-0.2, 0) is 6.42 Å². The van der Waals surface area contributed by atoms with Crippen LogP contribution in [-0.4, -0.2) is 17.7 Å². The molecule has 52 valence electrons. The van der Waals surface area contributed by atoms with E-state index in [1.807, 2.05) is 0 Å². The molecule has 0 radical (unpaired) electrons. The van der Waals surface area contributed by atoms with Crippen LogP contribution < -0.4 is 0 Å². The molecule has 10 heavy (non-hydrogen) atoms. The van der Waals surface area contributed by atoms with Gasteiger partial charge in [0, 0.05) is 0 Å². The number of fused-ring (bicyclic) bond motifs is 1. The lowest BCUT2D eigenvalue weighted by molar-refractivity contribution is 0.448. The fourth-order valence-corrected chi connectivity index (χ4v) is 0.836. The van der Waals surface area contributed by atoms with Crippen molar-refractivity contribution in [1.29, 1.82) is 0 Å². The van der Waals surface area contributed by atoms with Crippen molar-refractivity contribution in [2.24, 2.45) is 0 Å². The molecule has 1 aromatic carbocycles. The lowest BCUT2D eigenvalue weighted by Gasteiger charge is -1.69. The van der Waals surface area contributed by atoms with E-state index in [0.29, 0.717) is 0 Å². The van der Waals surface area contributed by atoms with Crippen LogP contribution in [0.3, 0.4) is 0 Å². The second-order valence-corrected chi connectivity index (χ2v) is 2.09. The van der Waals surface area contributed by atoms with E-state index in [4.69, 9.17) is 10.0 Å². The Morgan fingerprint density at radius 1 is 1.10 bits per heavy atom. The average molecular weight is 136 g/mol. The quantitative estimate of drug-likeness (QED) is 0.493. The van der Waals surface area contributed by atoms with Crippen molar-refractivity contribution in [3.63, 3.8) is 0 Å². The molecule has 0 amide bonds. The van der Waals surface area contributed by atoms with Gasteiger partial charge in [0.1, 0.15) is 0 Å². The maximum atomic E-state index is 7.12. The fourth-order valence-electron chi connectivity index (χ4n) is 0.836. The van der Waals surface area contributed by atoms with Crippen LogP contribution in [0.5, 0.6) is 0 Å². The van der Waals surface area contributed by atoms with Crippen molar-refractivity contribution in [3.8, 4) is 0 Å². The highest BCUT2D eigenvalue weighted by Crippen LogP contribution is 2.25. The first-order chi connectivity index (χ1) is 4.88. The van der Waals surface area contributed by atoms with Gasteiger partial charge in [-0.2, -0.15) is 0 Å². The lowest BCUT2D eigenvalue weighted by Crippen LogP contribution is -1.75. The standard InChI is InChI=1S/C7H6.BH3O2/c1-2-4-7-5-6(7)3-1;2-1-3/h1-4H,5H2;1-3H. The second kappa shape index (κ2) is 3.39. The summed E-state index contributed by atoms with van der Waals surface area (Å²) >= 11 is 0. The molecule has 1 aliphatic rings. The molecule has 0 spiro atoms. The van der Waals surface area contributed by atoms with Crippen LogP contribution in [0.25, 0.3) is 0 Å². The Kier molecular flexibility index (Phi) is 2.48. The second-order valence-electron chi connectivity index (χ2n) is 2.09. The summed E-state index contributed by atoms with van der Waals surface area (Å²) in [4.78, 5) is 0. The van der Waals surface area contributed by atoms with Gasteiger partial charge in [0.05, 0.1) is 0 Å². The van der Waals surface area contributed by atoms with Crippen molar-refractivity contribution in [1.82, 2.24) is 0 Å². The van der Waals surface area contributed by atoms with Gasteiger partial charge in [-0.1, -0.05) is 24.3 Å². The Balaban J connectivity index is 0.000000148. The van der Waals surface area contributed by atoms with Gasteiger partial charge >= 0.3 is 7.69 Å². The lowest BCUT2D eigenvalue weighted by atomic mass is 10.4. The van der Waals surface area contributed by atoms with Crippen molar-refractivity contribution in [2.75, 3.05) is 0 Å². The predicted molar refractivity (Wildman–Crippen MR) is 40.8 cm³/mol. The summed E-state index contributed by atoms with van der Waals surface area (Å²) in [7, 11) is -0.750. The monoisotopic (exact) mass is 136 g/mol. The SMILES string of the molecule is OBO.c1ccc2c(c1)C2. The zero-order valence-corrected chi connectivity index (χ0v) is 5.62. The molecule has 2 rings (SSSR count). The smallest absolute Gasteiger partial charge is 0.430 e. The molecule has 2 N–H and O–H groups in total. The Hall–Kier alpha value is -0.795. The van der Waals surface area contributed by atoms with Gasteiger partial charge < -0.3 is 10.0 Å². The summed E-state index contributed by atoms with van der Waals surface area (Å²) in [5.41, 5.74) is 3.06. The van der Waals surface area contributed by atoms with E-state index < -0.39 is 7.69 Å². The van der Waals surface area contributed by atoms with Crippen molar-refractivity contribution in [3.05, 3.63) is 35.4 Å². The zero-order chi connectivity index (χ0) is 7.40. The molecule has 0 saturated carbocycles. The Bertz CT molecular complexity index is 192. The molecule has 1 aromatic rings. The van der Waals surface area contributed by atoms with Crippen LogP contribution in [0.4, 0.5) is 0 Å². The van der Waals surface area contributed by atoms with Gasteiger partial charge in [-0.3, -0.25) is 0 Å². The topological polar surface area (TPSA) is 40.5 Å². The largest absolute Gasteiger partial charge is 0.432 e. The summed E-state index contributed by atoms with van der Waals surface area (Å²) in [6.07, 6.45) is 1.24. The molecule has 0 atom stereocenters. The molecule has 0 aliphatic heterocycles. The number of hydrogen-bond acceptors (Lipinski definition) is 2. The van der Waals surface area contributed by atoms with E-state index in [0.717, 1.165) is 0 Å². The molecule has 1 aliphatic carbocycles. The van der Waals surface area contributed by atoms with Crippen LogP contribution in [0.1, 0.15) is 11.1 Å². The maximum Gasteiger partial charge on any atom is 0.432 e. The Morgan fingerprint density at radius 3 is 1.80 bits per heavy atom. The molecule has 0 aromatic heterocycles. The highest BCUT2D eigenvalue weighted by Gasteiger charge is 2.12. The van der Waals surface area contributed by atoms with Crippen LogP contribution in [0.15, 0.2) is 24.3 Å². The zero-order valence-electron chi connectivity index (χ0n) is 5.62. The first-order valence-electron chi connectivity index (χ1n) is 3.17. The summed E-state index contributed by atoms with van der Waals surface area (Å²) in [5, 5.41) is 14.2. The van der Waals surface area contributed by atoms with Gasteiger partial charge in [0.2, 0.25) is 0 Å². The minimum absolute atomic E-state index is 0.750. The van der Waals surface area contributed by atoms with Crippen molar-refractivity contribution in [2.45, 2.75) is 6.42 Å². The first kappa shape index (κ1) is 7.31. The minimum Gasteiger partial charge on any atom is -0.430 e. The van der Waals surface area contributed by atoms with Gasteiger partial charge in [0.25, 0.3) is 0 Å². The molecule has 0 fully saturated rings. The van der Waals surface area contributed by atoms with E-state index in [9.17, 15) is 0 Å². The summed E-state index contributed by atoms with van der Waals surface area (Å²) < 4.78 is 0. The van der Waals surface area contributed by atoms with Crippen LogP contribution >= 0.6 is 0 Å². The summed E-state index contributed by atoms with van der Waals surface area (Å²) in [6, 6.07) is 8.53. The minimum atomic E-state index is -0.750.